The Morgan fingerprint density at radius 1 is 1.31 bits per heavy atom. The Labute approximate surface area is 170 Å². The van der Waals surface area contributed by atoms with Crippen molar-refractivity contribution in [1.82, 2.24) is 29.5 Å². The van der Waals surface area contributed by atoms with Gasteiger partial charge in [-0.2, -0.15) is 5.10 Å². The Morgan fingerprint density at radius 2 is 2.17 bits per heavy atom. The average molecular weight is 409 g/mol. The molecule has 0 atom stereocenters. The summed E-state index contributed by atoms with van der Waals surface area (Å²) < 4.78 is 7.31. The van der Waals surface area contributed by atoms with Gasteiger partial charge in [0, 0.05) is 36.4 Å². The number of nitrogens with one attached hydrogen (secondary N) is 2. The Balaban J connectivity index is 1.44. The fourth-order valence-electron chi connectivity index (χ4n) is 3.38. The van der Waals surface area contributed by atoms with Crippen LogP contribution in [0.4, 0.5) is 10.8 Å². The Bertz CT molecular complexity index is 1160. The highest BCUT2D eigenvalue weighted by Crippen LogP contribution is 2.29. The van der Waals surface area contributed by atoms with Gasteiger partial charge in [-0.25, -0.2) is 9.97 Å². The highest BCUT2D eigenvalue weighted by molar-refractivity contribution is 7.14. The van der Waals surface area contributed by atoms with Crippen LogP contribution in [0.1, 0.15) is 16.1 Å². The van der Waals surface area contributed by atoms with E-state index in [1.54, 1.807) is 12.4 Å². The molecule has 0 spiro atoms. The van der Waals surface area contributed by atoms with E-state index in [2.05, 4.69) is 25.5 Å². The van der Waals surface area contributed by atoms with Crippen molar-refractivity contribution in [1.29, 1.82) is 0 Å². The van der Waals surface area contributed by atoms with Crippen LogP contribution in [-0.4, -0.2) is 61.7 Å². The van der Waals surface area contributed by atoms with E-state index < -0.39 is 0 Å². The quantitative estimate of drug-likeness (QED) is 0.538. The van der Waals surface area contributed by atoms with E-state index in [9.17, 15) is 4.79 Å². The molecule has 5 heterocycles. The SMILES string of the molecule is Cc1cn2c(-c3cn[nH]c3)cnc2c(Nc2cc(C(=O)N3CCOCC3)cs2)n1. The van der Waals surface area contributed by atoms with Crippen molar-refractivity contribution in [2.45, 2.75) is 6.92 Å². The minimum atomic E-state index is 0.0306. The zero-order valence-corrected chi connectivity index (χ0v) is 16.6. The first-order chi connectivity index (χ1) is 14.2. The summed E-state index contributed by atoms with van der Waals surface area (Å²) in [5, 5.41) is 12.9. The predicted octanol–water partition coefficient (Wildman–Crippen LogP) is 2.71. The number of thiophene rings is 1. The first kappa shape index (κ1) is 17.8. The van der Waals surface area contributed by atoms with Crippen molar-refractivity contribution >= 4 is 33.7 Å². The number of aromatic nitrogens is 5. The Hall–Kier alpha value is -3.24. The van der Waals surface area contributed by atoms with E-state index in [1.165, 1.54) is 11.3 Å². The van der Waals surface area contributed by atoms with E-state index in [1.807, 2.05) is 40.1 Å². The first-order valence-corrected chi connectivity index (χ1v) is 10.1. The second-order valence-corrected chi connectivity index (χ2v) is 7.70. The van der Waals surface area contributed by atoms with Crippen LogP contribution in [0.25, 0.3) is 16.9 Å². The molecule has 0 saturated carbocycles. The second-order valence-electron chi connectivity index (χ2n) is 6.78. The van der Waals surface area contributed by atoms with Gasteiger partial charge in [0.15, 0.2) is 11.5 Å². The number of ether oxygens (including phenoxy) is 1. The van der Waals surface area contributed by atoms with Gasteiger partial charge in [0.25, 0.3) is 5.91 Å². The number of carbonyl (C=O) groups excluding carboxylic acids is 1. The lowest BCUT2D eigenvalue weighted by atomic mass is 10.2. The molecule has 1 amide bonds. The molecule has 148 valence electrons. The van der Waals surface area contributed by atoms with E-state index in [4.69, 9.17) is 4.74 Å². The van der Waals surface area contributed by atoms with E-state index in [0.29, 0.717) is 43.3 Å². The van der Waals surface area contributed by atoms with Crippen LogP contribution >= 0.6 is 11.3 Å². The van der Waals surface area contributed by atoms with Crippen molar-refractivity contribution in [3.8, 4) is 11.3 Å². The second kappa shape index (κ2) is 7.30. The highest BCUT2D eigenvalue weighted by Gasteiger charge is 2.20. The number of carbonyl (C=O) groups is 1. The molecule has 1 saturated heterocycles. The Kier molecular flexibility index (Phi) is 4.49. The monoisotopic (exact) mass is 409 g/mol. The number of hydrogen-bond donors (Lipinski definition) is 2. The van der Waals surface area contributed by atoms with Crippen LogP contribution in [-0.2, 0) is 4.74 Å². The number of anilines is 2. The molecule has 4 aromatic heterocycles. The molecule has 9 nitrogen and oxygen atoms in total. The largest absolute Gasteiger partial charge is 0.378 e. The fraction of sp³-hybridized carbons (Fsp3) is 0.263. The normalized spacial score (nSPS) is 14.4. The molecule has 0 aliphatic carbocycles. The number of H-pyrrole nitrogens is 1. The molecule has 0 radical (unpaired) electrons. The molecule has 0 aromatic carbocycles. The van der Waals surface area contributed by atoms with Gasteiger partial charge >= 0.3 is 0 Å². The summed E-state index contributed by atoms with van der Waals surface area (Å²) in [6, 6.07) is 1.86. The van der Waals surface area contributed by atoms with Crippen LogP contribution < -0.4 is 5.32 Å². The smallest absolute Gasteiger partial charge is 0.254 e. The van der Waals surface area contributed by atoms with Gasteiger partial charge in [-0.05, 0) is 13.0 Å². The maximum absolute atomic E-state index is 12.7. The van der Waals surface area contributed by atoms with Crippen molar-refractivity contribution < 1.29 is 9.53 Å². The number of hydrogen-bond acceptors (Lipinski definition) is 7. The molecular weight excluding hydrogens is 390 g/mol. The number of rotatable bonds is 4. The van der Waals surface area contributed by atoms with E-state index in [-0.39, 0.29) is 5.91 Å². The predicted molar refractivity (Wildman–Crippen MR) is 110 cm³/mol. The molecule has 5 rings (SSSR count). The van der Waals surface area contributed by atoms with E-state index in [0.717, 1.165) is 22.0 Å². The van der Waals surface area contributed by atoms with Crippen LogP contribution in [0, 0.1) is 6.92 Å². The van der Waals surface area contributed by atoms with Crippen molar-refractivity contribution in [3.05, 3.63) is 47.5 Å². The number of nitrogens with zero attached hydrogens (tertiary/aromatic N) is 5. The molecule has 1 aliphatic rings. The number of amides is 1. The van der Waals surface area contributed by atoms with Crippen LogP contribution in [0.3, 0.4) is 0 Å². The number of aromatic amines is 1. The molecule has 4 aromatic rings. The lowest BCUT2D eigenvalue weighted by molar-refractivity contribution is 0.0303. The van der Waals surface area contributed by atoms with E-state index >= 15 is 0 Å². The standard InChI is InChI=1S/C19H19N7O2S/c1-12-10-26-15(14-7-21-22-8-14)9-20-18(26)17(23-12)24-16-6-13(11-29-16)19(27)25-2-4-28-5-3-25/h6-11H,2-5H2,1H3,(H,21,22)(H,23,24). The summed E-state index contributed by atoms with van der Waals surface area (Å²) in [5.41, 5.74) is 4.11. The maximum atomic E-state index is 12.7. The third-order valence-corrected chi connectivity index (χ3v) is 5.64. The minimum absolute atomic E-state index is 0.0306. The van der Waals surface area contributed by atoms with Crippen LogP contribution in [0.15, 0.2) is 36.2 Å². The number of morpholine rings is 1. The van der Waals surface area contributed by atoms with Gasteiger partial charge in [-0.15, -0.1) is 11.3 Å². The minimum Gasteiger partial charge on any atom is -0.378 e. The summed E-state index contributed by atoms with van der Waals surface area (Å²) in [4.78, 5) is 23.6. The summed E-state index contributed by atoms with van der Waals surface area (Å²) in [7, 11) is 0. The van der Waals surface area contributed by atoms with Gasteiger partial charge in [0.2, 0.25) is 0 Å². The molecule has 1 aliphatic heterocycles. The van der Waals surface area contributed by atoms with Crippen LogP contribution in [0.5, 0.6) is 0 Å². The summed E-state index contributed by atoms with van der Waals surface area (Å²) in [6.45, 7) is 4.37. The summed E-state index contributed by atoms with van der Waals surface area (Å²) >= 11 is 1.47. The first-order valence-electron chi connectivity index (χ1n) is 9.25. The number of aryl methyl sites for hydroxylation is 1. The van der Waals surface area contributed by atoms with Crippen LogP contribution in [0.2, 0.25) is 0 Å². The lowest BCUT2D eigenvalue weighted by Crippen LogP contribution is -2.40. The third-order valence-electron chi connectivity index (χ3n) is 4.79. The molecule has 29 heavy (non-hydrogen) atoms. The molecule has 0 bridgehead atoms. The van der Waals surface area contributed by atoms with Crippen molar-refractivity contribution in [2.24, 2.45) is 0 Å². The molecular formula is C19H19N7O2S. The van der Waals surface area contributed by atoms with Gasteiger partial charge in [-0.3, -0.25) is 14.3 Å². The Morgan fingerprint density at radius 3 is 2.97 bits per heavy atom. The molecule has 1 fully saturated rings. The molecule has 10 heteroatoms. The average Bonchev–Trinajstić information content (AvgIpc) is 3.48. The fourth-order valence-corrected chi connectivity index (χ4v) is 4.15. The number of fused-ring (bicyclic) bond motifs is 1. The zero-order valence-electron chi connectivity index (χ0n) is 15.8. The van der Waals surface area contributed by atoms with Gasteiger partial charge < -0.3 is 15.0 Å². The van der Waals surface area contributed by atoms with Gasteiger partial charge in [0.05, 0.1) is 47.6 Å². The third kappa shape index (κ3) is 3.36. The van der Waals surface area contributed by atoms with Gasteiger partial charge in [0.1, 0.15) is 0 Å². The van der Waals surface area contributed by atoms with Crippen molar-refractivity contribution in [2.75, 3.05) is 31.6 Å². The molecule has 2 N–H and O–H groups in total. The summed E-state index contributed by atoms with van der Waals surface area (Å²) in [5.74, 6) is 0.676. The maximum Gasteiger partial charge on any atom is 0.254 e. The van der Waals surface area contributed by atoms with Gasteiger partial charge in [-0.1, -0.05) is 0 Å². The number of imidazole rings is 1. The summed E-state index contributed by atoms with van der Waals surface area (Å²) in [6.07, 6.45) is 7.33. The molecule has 0 unspecified atom stereocenters. The topological polar surface area (TPSA) is 100 Å². The highest BCUT2D eigenvalue weighted by atomic mass is 32.1. The zero-order chi connectivity index (χ0) is 19.8. The lowest BCUT2D eigenvalue weighted by Gasteiger charge is -2.26. The van der Waals surface area contributed by atoms with Crippen molar-refractivity contribution in [3.63, 3.8) is 0 Å².